The summed E-state index contributed by atoms with van der Waals surface area (Å²) < 4.78 is 36.0. The summed E-state index contributed by atoms with van der Waals surface area (Å²) >= 11 is 0. The van der Waals surface area contributed by atoms with Gasteiger partial charge >= 0.3 is 19.7 Å². The highest BCUT2D eigenvalue weighted by molar-refractivity contribution is 7.55. The molecule has 2 aliphatic rings. The molecule has 2 rings (SSSR count). The lowest BCUT2D eigenvalue weighted by Crippen LogP contribution is -2.48. The minimum absolute atomic E-state index is 0.139. The summed E-state index contributed by atoms with van der Waals surface area (Å²) in [5.41, 5.74) is -2.24. The highest BCUT2D eigenvalue weighted by atomic mass is 31.2. The molecule has 1 aliphatic carbocycles. The number of carbonyl (C=O) groups excluding carboxylic acids is 2. The van der Waals surface area contributed by atoms with Gasteiger partial charge in [-0.3, -0.25) is 9.36 Å². The van der Waals surface area contributed by atoms with Gasteiger partial charge in [0.2, 0.25) is 0 Å². The Bertz CT molecular complexity index is 688. The number of hydrogen-bond donors (Lipinski definition) is 0. The molecule has 2 fully saturated rings. The maximum absolute atomic E-state index is 13.6. The quantitative estimate of drug-likeness (QED) is 0.350. The Labute approximate surface area is 193 Å². The van der Waals surface area contributed by atoms with Crippen molar-refractivity contribution in [2.75, 3.05) is 26.3 Å². The molecule has 3 unspecified atom stereocenters. The number of hydrogen-bond acceptors (Lipinski definition) is 7. The van der Waals surface area contributed by atoms with Crippen molar-refractivity contribution in [2.45, 2.75) is 91.5 Å². The average molecular weight is 476 g/mol. The summed E-state index contributed by atoms with van der Waals surface area (Å²) in [5.74, 6) is 0.0166. The molecule has 0 aromatic carbocycles. The molecule has 1 amide bonds. The lowest BCUT2D eigenvalue weighted by Gasteiger charge is -2.40. The van der Waals surface area contributed by atoms with Gasteiger partial charge in [0.15, 0.2) is 5.66 Å². The largest absolute Gasteiger partial charge is 0.459 e. The van der Waals surface area contributed by atoms with E-state index >= 15 is 0 Å². The van der Waals surface area contributed by atoms with Crippen LogP contribution in [0.2, 0.25) is 0 Å². The SMILES string of the molecule is CCOP(=O)(OCC)C(CC1C2CCC1CN(C(=O)OC(C)(C)C)C2)C(=O)OC(C)(C)C. The normalized spacial score (nSPS) is 24.9. The van der Waals surface area contributed by atoms with Gasteiger partial charge in [-0.05, 0) is 92.4 Å². The third kappa shape index (κ3) is 7.19. The van der Waals surface area contributed by atoms with Crippen LogP contribution in [0.3, 0.4) is 0 Å². The van der Waals surface area contributed by atoms with Crippen molar-refractivity contribution in [1.82, 2.24) is 4.90 Å². The molecule has 8 nitrogen and oxygen atoms in total. The van der Waals surface area contributed by atoms with Crippen molar-refractivity contribution in [3.05, 3.63) is 0 Å². The van der Waals surface area contributed by atoms with Crippen LogP contribution >= 0.6 is 7.60 Å². The van der Waals surface area contributed by atoms with E-state index in [1.165, 1.54) is 0 Å². The second-order valence-corrected chi connectivity index (χ2v) is 13.0. The molecule has 0 aromatic rings. The fraction of sp³-hybridized carbons (Fsp3) is 0.913. The predicted octanol–water partition coefficient (Wildman–Crippen LogP) is 5.25. The van der Waals surface area contributed by atoms with Crippen LogP contribution in [-0.2, 0) is 27.9 Å². The Morgan fingerprint density at radius 3 is 1.78 bits per heavy atom. The van der Waals surface area contributed by atoms with Gasteiger partial charge in [0.1, 0.15) is 11.2 Å². The van der Waals surface area contributed by atoms with Crippen molar-refractivity contribution >= 4 is 19.7 Å². The van der Waals surface area contributed by atoms with E-state index in [-0.39, 0.29) is 37.1 Å². The van der Waals surface area contributed by atoms with Crippen molar-refractivity contribution in [3.8, 4) is 0 Å². The van der Waals surface area contributed by atoms with Crippen molar-refractivity contribution in [1.29, 1.82) is 0 Å². The lowest BCUT2D eigenvalue weighted by atomic mass is 9.82. The van der Waals surface area contributed by atoms with Crippen molar-refractivity contribution in [3.63, 3.8) is 0 Å². The van der Waals surface area contributed by atoms with Crippen LogP contribution in [0, 0.1) is 17.8 Å². The van der Waals surface area contributed by atoms with Crippen LogP contribution < -0.4 is 0 Å². The monoisotopic (exact) mass is 475 g/mol. The Morgan fingerprint density at radius 2 is 1.38 bits per heavy atom. The van der Waals surface area contributed by atoms with E-state index in [9.17, 15) is 14.2 Å². The molecule has 32 heavy (non-hydrogen) atoms. The molecule has 0 N–H and O–H groups in total. The highest BCUT2D eigenvalue weighted by Crippen LogP contribution is 2.58. The standard InChI is InChI=1S/C23H42NO7P/c1-9-28-32(27,29-10-2)19(20(25)30-22(3,4)5)13-18-16-11-12-17(18)15-24(14-16)21(26)31-23(6,7)8/h16-19H,9-15H2,1-8H3. The van der Waals surface area contributed by atoms with Crippen molar-refractivity contribution in [2.24, 2.45) is 17.8 Å². The van der Waals surface area contributed by atoms with Gasteiger partial charge in [-0.2, -0.15) is 0 Å². The maximum atomic E-state index is 13.6. The molecule has 1 saturated heterocycles. The summed E-state index contributed by atoms with van der Waals surface area (Å²) in [7, 11) is -3.71. The number of ether oxygens (including phenoxy) is 2. The average Bonchev–Trinajstić information content (AvgIpc) is 2.84. The smallest absolute Gasteiger partial charge is 0.410 e. The van der Waals surface area contributed by atoms with Crippen LogP contribution in [0.15, 0.2) is 0 Å². The highest BCUT2D eigenvalue weighted by Gasteiger charge is 2.51. The summed E-state index contributed by atoms with van der Waals surface area (Å²) in [6, 6.07) is 0. The minimum atomic E-state index is -3.71. The molecule has 0 radical (unpaired) electrons. The number of amides is 1. The Morgan fingerprint density at radius 1 is 0.906 bits per heavy atom. The predicted molar refractivity (Wildman–Crippen MR) is 123 cm³/mol. The topological polar surface area (TPSA) is 91.4 Å². The second-order valence-electron chi connectivity index (χ2n) is 10.8. The Hall–Kier alpha value is -1.11. The number of rotatable bonds is 8. The summed E-state index contributed by atoms with van der Waals surface area (Å²) in [4.78, 5) is 27.5. The van der Waals surface area contributed by atoms with E-state index in [1.807, 2.05) is 20.8 Å². The van der Waals surface area contributed by atoms with Gasteiger partial charge in [0, 0.05) is 13.1 Å². The summed E-state index contributed by atoms with van der Waals surface area (Å²) in [6.07, 6.45) is 1.99. The third-order valence-corrected chi connectivity index (χ3v) is 8.28. The molecular weight excluding hydrogens is 433 g/mol. The molecule has 186 valence electrons. The fourth-order valence-electron chi connectivity index (χ4n) is 4.75. The Balaban J connectivity index is 2.22. The molecule has 9 heteroatoms. The number of esters is 1. The first-order valence-corrected chi connectivity index (χ1v) is 13.4. The lowest BCUT2D eigenvalue weighted by molar-refractivity contribution is -0.155. The fourth-order valence-corrected chi connectivity index (χ4v) is 6.72. The number of likely N-dealkylation sites (tertiary alicyclic amines) is 1. The first kappa shape index (κ1) is 27.1. The molecule has 3 atom stereocenters. The van der Waals surface area contributed by atoms with Gasteiger partial charge < -0.3 is 23.4 Å². The van der Waals surface area contributed by atoms with Gasteiger partial charge in [-0.25, -0.2) is 4.79 Å². The van der Waals surface area contributed by atoms with E-state index in [0.29, 0.717) is 19.5 Å². The zero-order valence-corrected chi connectivity index (χ0v) is 21.9. The van der Waals surface area contributed by atoms with Gasteiger partial charge in [0.05, 0.1) is 13.2 Å². The summed E-state index contributed by atoms with van der Waals surface area (Å²) in [5, 5.41) is 0. The van der Waals surface area contributed by atoms with Crippen LogP contribution in [0.4, 0.5) is 4.79 Å². The molecule has 2 bridgehead atoms. The van der Waals surface area contributed by atoms with Gasteiger partial charge in [-0.15, -0.1) is 0 Å². The second kappa shape index (κ2) is 10.4. The first-order valence-electron chi connectivity index (χ1n) is 11.8. The van der Waals surface area contributed by atoms with E-state index in [0.717, 1.165) is 12.8 Å². The van der Waals surface area contributed by atoms with Crippen LogP contribution in [0.1, 0.15) is 74.7 Å². The number of piperidine rings is 1. The zero-order chi connectivity index (χ0) is 24.3. The maximum Gasteiger partial charge on any atom is 0.410 e. The van der Waals surface area contributed by atoms with E-state index < -0.39 is 30.4 Å². The molecular formula is C23H42NO7P. The molecule has 0 aromatic heterocycles. The van der Waals surface area contributed by atoms with Gasteiger partial charge in [0.25, 0.3) is 0 Å². The van der Waals surface area contributed by atoms with E-state index in [4.69, 9.17) is 18.5 Å². The molecule has 1 aliphatic heterocycles. The molecule has 0 spiro atoms. The van der Waals surface area contributed by atoms with Crippen LogP contribution in [0.5, 0.6) is 0 Å². The number of nitrogens with zero attached hydrogens (tertiary/aromatic N) is 1. The number of fused-ring (bicyclic) bond motifs is 2. The van der Waals surface area contributed by atoms with Crippen LogP contribution in [-0.4, -0.2) is 60.1 Å². The van der Waals surface area contributed by atoms with Crippen LogP contribution in [0.25, 0.3) is 0 Å². The molecule has 1 saturated carbocycles. The summed E-state index contributed by atoms with van der Waals surface area (Å²) in [6.45, 7) is 15.9. The third-order valence-electron chi connectivity index (χ3n) is 5.85. The first-order chi connectivity index (χ1) is 14.7. The van der Waals surface area contributed by atoms with E-state index in [1.54, 1.807) is 39.5 Å². The zero-order valence-electron chi connectivity index (χ0n) is 21.0. The van der Waals surface area contributed by atoms with Gasteiger partial charge in [-0.1, -0.05) is 0 Å². The Kier molecular flexibility index (Phi) is 8.85. The number of carbonyl (C=O) groups is 2. The van der Waals surface area contributed by atoms with E-state index in [2.05, 4.69) is 0 Å². The van der Waals surface area contributed by atoms with Crippen molar-refractivity contribution < 1.29 is 32.7 Å². The molecule has 1 heterocycles. The minimum Gasteiger partial charge on any atom is -0.459 e.